The van der Waals surface area contributed by atoms with Gasteiger partial charge in [-0.2, -0.15) is 31.4 Å². The minimum absolute atomic E-state index is 0.0326. The molecule has 0 radical (unpaired) electrons. The van der Waals surface area contributed by atoms with Crippen LogP contribution in [0.5, 0.6) is 5.75 Å². The molecular weight excluding hydrogens is 535 g/mol. The number of aryl methyl sites for hydroxylation is 1. The highest BCUT2D eigenvalue weighted by Gasteiger charge is 2.41. The van der Waals surface area contributed by atoms with Gasteiger partial charge in [0.2, 0.25) is 0 Å². The number of alkyl halides is 6. The van der Waals surface area contributed by atoms with E-state index < -0.39 is 52.3 Å². The number of ether oxygens (including phenoxy) is 1. The molecule has 0 atom stereocenters. The highest BCUT2D eigenvalue weighted by Crippen LogP contribution is 2.44. The Hall–Kier alpha value is -4.80. The molecule has 14 heteroatoms. The second kappa shape index (κ2) is 11.3. The van der Waals surface area contributed by atoms with E-state index in [1.54, 1.807) is 13.2 Å². The molecular formula is C25H18F7N5O2. The normalized spacial score (nSPS) is 12.3. The minimum Gasteiger partial charge on any atom is -0.409 e. The Morgan fingerprint density at radius 1 is 1.13 bits per heavy atom. The van der Waals surface area contributed by atoms with Crippen LogP contribution in [0, 0.1) is 17.8 Å². The van der Waals surface area contributed by atoms with E-state index in [9.17, 15) is 35.5 Å². The molecule has 3 aromatic rings. The number of carbonyl (C=O) groups is 1. The molecule has 0 aliphatic carbocycles. The summed E-state index contributed by atoms with van der Waals surface area (Å²) in [6.07, 6.45) is -7.53. The van der Waals surface area contributed by atoms with Crippen molar-refractivity contribution in [2.75, 3.05) is 11.9 Å². The van der Waals surface area contributed by atoms with Crippen molar-refractivity contribution >= 4 is 23.6 Å². The van der Waals surface area contributed by atoms with E-state index in [2.05, 4.69) is 22.1 Å². The van der Waals surface area contributed by atoms with Gasteiger partial charge in [-0.3, -0.25) is 9.58 Å². The van der Waals surface area contributed by atoms with Crippen molar-refractivity contribution < 1.29 is 40.3 Å². The molecule has 1 heterocycles. The second-order valence-electron chi connectivity index (χ2n) is 7.82. The van der Waals surface area contributed by atoms with Crippen molar-refractivity contribution in [3.63, 3.8) is 0 Å². The summed E-state index contributed by atoms with van der Waals surface area (Å²) in [6, 6.07) is 6.75. The molecule has 0 saturated carbocycles. The molecule has 0 saturated heterocycles. The average Bonchev–Trinajstić information content (AvgIpc) is 3.27. The molecule has 7 nitrogen and oxygen atoms in total. The summed E-state index contributed by atoms with van der Waals surface area (Å²) in [6.45, 7) is 0. The lowest BCUT2D eigenvalue weighted by Gasteiger charge is -2.22. The molecule has 1 aromatic heterocycles. The molecule has 0 bridgehead atoms. The van der Waals surface area contributed by atoms with Gasteiger partial charge in [-0.1, -0.05) is 0 Å². The molecule has 0 aliphatic heterocycles. The van der Waals surface area contributed by atoms with Gasteiger partial charge in [-0.15, -0.1) is 0 Å². The zero-order valence-corrected chi connectivity index (χ0v) is 20.1. The lowest BCUT2D eigenvalue weighted by Crippen LogP contribution is -2.30. The number of benzene rings is 2. The highest BCUT2D eigenvalue weighted by molar-refractivity contribution is 6.11. The number of rotatable bonds is 4. The Balaban J connectivity index is 2.12. The zero-order chi connectivity index (χ0) is 29.0. The molecule has 0 aliphatic rings. The standard InChI is InChI=1S/C25H18F7N5O2/c1-36-14-15(12-35-36)7-8-34-13-16(11-33)20-9-17(24(27,28)29)10-21(25(30,31)32)22(20)39-23(38)37(2)19-5-3-18(26)4-6-19/h3-6,9-14H,33H2,1-2H3/b16-11+,34-13?. The van der Waals surface area contributed by atoms with E-state index >= 15 is 0 Å². The van der Waals surface area contributed by atoms with Gasteiger partial charge in [-0.25, -0.2) is 14.2 Å². The number of allylic oxidation sites excluding steroid dienone is 1. The van der Waals surface area contributed by atoms with Crippen LogP contribution in [0.1, 0.15) is 22.3 Å². The van der Waals surface area contributed by atoms with Crippen LogP contribution in [0.25, 0.3) is 5.57 Å². The van der Waals surface area contributed by atoms with Crippen molar-refractivity contribution in [2.24, 2.45) is 17.8 Å². The number of hydrogen-bond donors (Lipinski definition) is 1. The smallest absolute Gasteiger partial charge is 0.409 e. The number of hydrogen-bond acceptors (Lipinski definition) is 5. The number of nitrogens with zero attached hydrogens (tertiary/aromatic N) is 4. The fraction of sp³-hybridized carbons (Fsp3) is 0.160. The van der Waals surface area contributed by atoms with Crippen LogP contribution in [0.4, 0.5) is 41.2 Å². The third kappa shape index (κ3) is 7.16. The highest BCUT2D eigenvalue weighted by atomic mass is 19.4. The SMILES string of the molecule is CN(C(=O)Oc1c(/C(C=NC#Cc2cnn(C)c2)=C/N)cc(C(F)(F)F)cc1C(F)(F)F)c1ccc(F)cc1. The van der Waals surface area contributed by atoms with E-state index in [4.69, 9.17) is 10.5 Å². The molecule has 1 amide bonds. The van der Waals surface area contributed by atoms with Crippen LogP contribution in [-0.2, 0) is 19.4 Å². The van der Waals surface area contributed by atoms with Gasteiger partial charge in [0.05, 0.1) is 22.9 Å². The molecule has 0 unspecified atom stereocenters. The largest absolute Gasteiger partial charge is 0.420 e. The van der Waals surface area contributed by atoms with E-state index in [1.165, 1.54) is 10.9 Å². The predicted octanol–water partition coefficient (Wildman–Crippen LogP) is 5.61. The van der Waals surface area contributed by atoms with Crippen LogP contribution in [0.2, 0.25) is 0 Å². The van der Waals surface area contributed by atoms with E-state index in [0.717, 1.165) is 42.4 Å². The number of carbonyl (C=O) groups excluding carboxylic acids is 1. The third-order valence-corrected chi connectivity index (χ3v) is 5.06. The van der Waals surface area contributed by atoms with Crippen LogP contribution in [0.3, 0.4) is 0 Å². The van der Waals surface area contributed by atoms with Gasteiger partial charge < -0.3 is 10.5 Å². The number of amides is 1. The molecule has 2 aromatic carbocycles. The van der Waals surface area contributed by atoms with Gasteiger partial charge in [0.25, 0.3) is 0 Å². The Morgan fingerprint density at radius 2 is 1.79 bits per heavy atom. The molecule has 0 fully saturated rings. The van der Waals surface area contributed by atoms with Crippen LogP contribution >= 0.6 is 0 Å². The van der Waals surface area contributed by atoms with Gasteiger partial charge in [-0.05, 0) is 42.3 Å². The van der Waals surface area contributed by atoms with Gasteiger partial charge in [0.15, 0.2) is 5.75 Å². The molecule has 2 N–H and O–H groups in total. The first kappa shape index (κ1) is 28.8. The first-order valence-corrected chi connectivity index (χ1v) is 10.7. The maximum absolute atomic E-state index is 14.0. The van der Waals surface area contributed by atoms with Crippen LogP contribution in [-0.4, -0.2) is 29.1 Å². The summed E-state index contributed by atoms with van der Waals surface area (Å²) >= 11 is 0. The lowest BCUT2D eigenvalue weighted by atomic mass is 9.98. The molecule has 204 valence electrons. The van der Waals surface area contributed by atoms with Crippen molar-refractivity contribution in [1.82, 2.24) is 9.78 Å². The first-order valence-electron chi connectivity index (χ1n) is 10.7. The summed E-state index contributed by atoms with van der Waals surface area (Å²) in [5, 5.41) is 3.89. The molecule has 0 spiro atoms. The monoisotopic (exact) mass is 553 g/mol. The number of anilines is 1. The Bertz CT molecular complexity index is 1480. The summed E-state index contributed by atoms with van der Waals surface area (Å²) in [4.78, 5) is 17.2. The van der Waals surface area contributed by atoms with Crippen molar-refractivity contribution in [3.05, 3.63) is 83.1 Å². The van der Waals surface area contributed by atoms with E-state index in [-0.39, 0.29) is 11.8 Å². The Morgan fingerprint density at radius 3 is 2.33 bits per heavy atom. The third-order valence-electron chi connectivity index (χ3n) is 5.06. The maximum Gasteiger partial charge on any atom is 0.420 e. The maximum atomic E-state index is 14.0. The average molecular weight is 553 g/mol. The quantitative estimate of drug-likeness (QED) is 0.259. The fourth-order valence-electron chi connectivity index (χ4n) is 3.14. The lowest BCUT2D eigenvalue weighted by molar-refractivity contribution is -0.143. The number of aliphatic imine (C=N–C) groups is 1. The van der Waals surface area contributed by atoms with Crippen molar-refractivity contribution in [2.45, 2.75) is 12.4 Å². The summed E-state index contributed by atoms with van der Waals surface area (Å²) in [5.41, 5.74) is 1.14. The summed E-state index contributed by atoms with van der Waals surface area (Å²) < 4.78 is 102. The Labute approximate surface area is 217 Å². The van der Waals surface area contributed by atoms with E-state index in [0.29, 0.717) is 17.8 Å². The van der Waals surface area contributed by atoms with Crippen molar-refractivity contribution in [1.29, 1.82) is 0 Å². The van der Waals surface area contributed by atoms with Crippen molar-refractivity contribution in [3.8, 4) is 17.7 Å². The van der Waals surface area contributed by atoms with Gasteiger partial charge in [0.1, 0.15) is 5.82 Å². The second-order valence-corrected chi connectivity index (χ2v) is 7.82. The summed E-state index contributed by atoms with van der Waals surface area (Å²) in [5.74, 6) is 0.677. The molecule has 39 heavy (non-hydrogen) atoms. The van der Waals surface area contributed by atoms with Gasteiger partial charge in [0, 0.05) is 55.6 Å². The first-order chi connectivity index (χ1) is 18.2. The number of aromatic nitrogens is 2. The number of nitrogens with two attached hydrogens (primary N) is 1. The zero-order valence-electron chi connectivity index (χ0n) is 20.1. The summed E-state index contributed by atoms with van der Waals surface area (Å²) in [7, 11) is 2.74. The molecule has 3 rings (SSSR count). The minimum atomic E-state index is -5.38. The number of halogens is 7. The van der Waals surface area contributed by atoms with Crippen LogP contribution < -0.4 is 15.4 Å². The van der Waals surface area contributed by atoms with E-state index in [1.807, 2.05) is 0 Å². The topological polar surface area (TPSA) is 85.7 Å². The predicted molar refractivity (Wildman–Crippen MR) is 128 cm³/mol. The van der Waals surface area contributed by atoms with Crippen LogP contribution in [0.15, 0.2) is 60.0 Å². The fourth-order valence-corrected chi connectivity index (χ4v) is 3.14. The Kier molecular flexibility index (Phi) is 8.33. The van der Waals surface area contributed by atoms with Gasteiger partial charge >= 0.3 is 18.4 Å².